The fourth-order valence-electron chi connectivity index (χ4n) is 2.65. The molecule has 0 spiro atoms. The maximum Gasteiger partial charge on any atom is 0.278 e. The Labute approximate surface area is 178 Å². The molecule has 162 valence electrons. The second-order valence-electron chi connectivity index (χ2n) is 6.34. The second kappa shape index (κ2) is 9.49. The average Bonchev–Trinajstić information content (AvgIpc) is 2.72. The summed E-state index contributed by atoms with van der Waals surface area (Å²) < 4.78 is 37.6. The van der Waals surface area contributed by atoms with Gasteiger partial charge in [-0.05, 0) is 31.2 Å². The summed E-state index contributed by atoms with van der Waals surface area (Å²) in [6, 6.07) is 12.0. The third kappa shape index (κ3) is 5.74. The predicted molar refractivity (Wildman–Crippen MR) is 114 cm³/mol. The summed E-state index contributed by atoms with van der Waals surface area (Å²) in [6.07, 6.45) is 2.37. The number of carbonyl (C=O) groups is 1. The van der Waals surface area contributed by atoms with Crippen molar-refractivity contribution in [1.82, 2.24) is 15.4 Å². The van der Waals surface area contributed by atoms with Gasteiger partial charge in [-0.3, -0.25) is 9.63 Å². The van der Waals surface area contributed by atoms with Crippen LogP contribution in [0, 0.1) is 5.95 Å². The zero-order valence-corrected chi connectivity index (χ0v) is 17.5. The van der Waals surface area contributed by atoms with Crippen molar-refractivity contribution >= 4 is 38.8 Å². The van der Waals surface area contributed by atoms with Gasteiger partial charge in [0, 0.05) is 18.5 Å². The lowest BCUT2D eigenvalue weighted by Gasteiger charge is -2.15. The number of sulfone groups is 1. The summed E-state index contributed by atoms with van der Waals surface area (Å²) in [5, 5.41) is 5.81. The molecule has 9 nitrogen and oxygen atoms in total. The standard InChI is InChI=1S/C20H20FN5O4S/c1-3-30-26-20(27)13-12-22-19(25-18-10-6-9-17(21)24-18)11-15(13)23-14-7-4-5-8-16(14)31(2,28)29/h4-12H,3H2,1-2H3,(H,26,27)(H2,22,23,24,25). The van der Waals surface area contributed by atoms with Gasteiger partial charge < -0.3 is 10.6 Å². The number of nitrogens with zero attached hydrogens (tertiary/aromatic N) is 2. The molecular weight excluding hydrogens is 425 g/mol. The van der Waals surface area contributed by atoms with Gasteiger partial charge in [0.05, 0.1) is 28.4 Å². The zero-order valence-electron chi connectivity index (χ0n) is 16.7. The van der Waals surface area contributed by atoms with Crippen molar-refractivity contribution in [2.24, 2.45) is 0 Å². The van der Waals surface area contributed by atoms with Crippen LogP contribution in [0.4, 0.5) is 27.4 Å². The molecule has 1 amide bonds. The van der Waals surface area contributed by atoms with Gasteiger partial charge in [0.2, 0.25) is 5.95 Å². The molecule has 0 unspecified atom stereocenters. The van der Waals surface area contributed by atoms with E-state index in [1.54, 1.807) is 31.2 Å². The number of pyridine rings is 2. The van der Waals surface area contributed by atoms with Crippen LogP contribution < -0.4 is 16.1 Å². The lowest BCUT2D eigenvalue weighted by molar-refractivity contribution is 0.0365. The Hall–Kier alpha value is -3.57. The van der Waals surface area contributed by atoms with Crippen molar-refractivity contribution in [3.8, 4) is 0 Å². The van der Waals surface area contributed by atoms with E-state index in [0.717, 1.165) is 6.26 Å². The monoisotopic (exact) mass is 445 g/mol. The summed E-state index contributed by atoms with van der Waals surface area (Å²) in [5.74, 6) is -0.783. The molecule has 2 aromatic heterocycles. The van der Waals surface area contributed by atoms with Gasteiger partial charge in [0.1, 0.15) is 11.6 Å². The van der Waals surface area contributed by atoms with E-state index < -0.39 is 21.7 Å². The number of hydrogen-bond acceptors (Lipinski definition) is 8. The van der Waals surface area contributed by atoms with Crippen LogP contribution in [0.1, 0.15) is 17.3 Å². The van der Waals surface area contributed by atoms with E-state index in [9.17, 15) is 17.6 Å². The van der Waals surface area contributed by atoms with Crippen LogP contribution in [0.3, 0.4) is 0 Å². The molecule has 0 fully saturated rings. The molecular formula is C20H20FN5O4S. The largest absolute Gasteiger partial charge is 0.354 e. The first-order valence-electron chi connectivity index (χ1n) is 9.16. The molecule has 2 heterocycles. The lowest BCUT2D eigenvalue weighted by Crippen LogP contribution is -2.24. The van der Waals surface area contributed by atoms with Crippen LogP contribution in [0.5, 0.6) is 0 Å². The van der Waals surface area contributed by atoms with Crippen LogP contribution in [0.25, 0.3) is 0 Å². The average molecular weight is 445 g/mol. The molecule has 11 heteroatoms. The number of para-hydroxylation sites is 1. The fourth-order valence-corrected chi connectivity index (χ4v) is 3.49. The van der Waals surface area contributed by atoms with E-state index >= 15 is 0 Å². The van der Waals surface area contributed by atoms with Crippen molar-refractivity contribution < 1.29 is 22.4 Å². The summed E-state index contributed by atoms with van der Waals surface area (Å²) in [6.45, 7) is 1.96. The van der Waals surface area contributed by atoms with Gasteiger partial charge in [-0.2, -0.15) is 4.39 Å². The van der Waals surface area contributed by atoms with Gasteiger partial charge in [-0.25, -0.2) is 23.9 Å². The Balaban J connectivity index is 2.01. The van der Waals surface area contributed by atoms with Crippen LogP contribution >= 0.6 is 0 Å². The number of hydrogen-bond donors (Lipinski definition) is 3. The highest BCUT2D eigenvalue weighted by Crippen LogP contribution is 2.28. The molecule has 0 radical (unpaired) electrons. The molecule has 3 N–H and O–H groups in total. The third-order valence-corrected chi connectivity index (χ3v) is 5.14. The number of anilines is 4. The SMILES string of the molecule is CCONC(=O)c1cnc(Nc2cccc(F)n2)cc1Nc1ccccc1S(C)(=O)=O. The molecule has 3 aromatic rings. The number of benzene rings is 1. The molecule has 0 aliphatic carbocycles. The third-order valence-electron chi connectivity index (χ3n) is 3.98. The summed E-state index contributed by atoms with van der Waals surface area (Å²) in [4.78, 5) is 25.4. The summed E-state index contributed by atoms with van der Waals surface area (Å²) in [5.41, 5.74) is 2.91. The first-order valence-corrected chi connectivity index (χ1v) is 11.0. The molecule has 0 aliphatic rings. The quantitative estimate of drug-likeness (QED) is 0.357. The van der Waals surface area contributed by atoms with E-state index in [0.29, 0.717) is 0 Å². The number of nitrogens with one attached hydrogen (secondary N) is 3. The summed E-state index contributed by atoms with van der Waals surface area (Å²) in [7, 11) is -3.53. The van der Waals surface area contributed by atoms with Crippen LogP contribution in [0.15, 0.2) is 59.6 Å². The summed E-state index contributed by atoms with van der Waals surface area (Å²) >= 11 is 0. The highest BCUT2D eigenvalue weighted by molar-refractivity contribution is 7.90. The van der Waals surface area contributed by atoms with Crippen molar-refractivity contribution in [1.29, 1.82) is 0 Å². The molecule has 1 aromatic carbocycles. The molecule has 3 rings (SSSR count). The Morgan fingerprint density at radius 3 is 2.55 bits per heavy atom. The van der Waals surface area contributed by atoms with Crippen LogP contribution in [-0.4, -0.2) is 37.2 Å². The van der Waals surface area contributed by atoms with Gasteiger partial charge in [0.15, 0.2) is 9.84 Å². The highest BCUT2D eigenvalue weighted by Gasteiger charge is 2.18. The topological polar surface area (TPSA) is 122 Å². The van der Waals surface area contributed by atoms with Gasteiger partial charge in [-0.1, -0.05) is 18.2 Å². The maximum absolute atomic E-state index is 13.4. The van der Waals surface area contributed by atoms with Gasteiger partial charge >= 0.3 is 0 Å². The van der Waals surface area contributed by atoms with E-state index in [1.807, 2.05) is 0 Å². The molecule has 31 heavy (non-hydrogen) atoms. The van der Waals surface area contributed by atoms with Crippen LogP contribution in [-0.2, 0) is 14.7 Å². The smallest absolute Gasteiger partial charge is 0.278 e. The van der Waals surface area contributed by atoms with Crippen LogP contribution in [0.2, 0.25) is 0 Å². The van der Waals surface area contributed by atoms with Crippen molar-refractivity contribution in [2.75, 3.05) is 23.5 Å². The number of amides is 1. The molecule has 0 aliphatic heterocycles. The number of aromatic nitrogens is 2. The van der Waals surface area contributed by atoms with Crippen molar-refractivity contribution in [3.63, 3.8) is 0 Å². The molecule has 0 saturated carbocycles. The van der Waals surface area contributed by atoms with E-state index in [-0.39, 0.29) is 40.1 Å². The van der Waals surface area contributed by atoms with Crippen molar-refractivity contribution in [3.05, 3.63) is 66.2 Å². The Bertz CT molecular complexity index is 1200. The normalized spacial score (nSPS) is 11.1. The van der Waals surface area contributed by atoms with Gasteiger partial charge in [0.25, 0.3) is 5.91 Å². The highest BCUT2D eigenvalue weighted by atomic mass is 32.2. The minimum atomic E-state index is -3.53. The number of rotatable bonds is 8. The zero-order chi connectivity index (χ0) is 22.4. The lowest BCUT2D eigenvalue weighted by atomic mass is 10.2. The van der Waals surface area contributed by atoms with Crippen molar-refractivity contribution in [2.45, 2.75) is 11.8 Å². The first-order chi connectivity index (χ1) is 14.8. The fraction of sp³-hybridized carbons (Fsp3) is 0.150. The number of carbonyl (C=O) groups excluding carboxylic acids is 1. The van der Waals surface area contributed by atoms with E-state index in [4.69, 9.17) is 4.84 Å². The minimum Gasteiger partial charge on any atom is -0.354 e. The molecule has 0 saturated heterocycles. The minimum absolute atomic E-state index is 0.0595. The predicted octanol–water partition coefficient (Wildman–Crippen LogP) is 3.19. The molecule has 0 atom stereocenters. The second-order valence-corrected chi connectivity index (χ2v) is 8.33. The maximum atomic E-state index is 13.4. The number of halogens is 1. The Kier molecular flexibility index (Phi) is 6.78. The Morgan fingerprint density at radius 1 is 1.06 bits per heavy atom. The van der Waals surface area contributed by atoms with E-state index in [1.165, 1.54) is 30.5 Å². The first kappa shape index (κ1) is 22.1. The van der Waals surface area contributed by atoms with Gasteiger partial charge in [-0.15, -0.1) is 0 Å². The van der Waals surface area contributed by atoms with E-state index in [2.05, 4.69) is 26.1 Å². The Morgan fingerprint density at radius 2 is 1.84 bits per heavy atom. The number of hydroxylamine groups is 1. The molecule has 0 bridgehead atoms.